The number of aliphatic carboxylic acids is 1. The Balaban J connectivity index is 1.16. The van der Waals surface area contributed by atoms with Crippen LogP contribution in [0.1, 0.15) is 53.5 Å². The summed E-state index contributed by atoms with van der Waals surface area (Å²) < 4.78 is 12.0. The Morgan fingerprint density at radius 1 is 1.15 bits per heavy atom. The van der Waals surface area contributed by atoms with Crippen LogP contribution in [0.5, 0.6) is 5.75 Å². The highest BCUT2D eigenvalue weighted by atomic mass is 32.1. The van der Waals surface area contributed by atoms with Crippen LogP contribution in [0.2, 0.25) is 0 Å². The lowest BCUT2D eigenvalue weighted by atomic mass is 9.91. The van der Waals surface area contributed by atoms with Crippen molar-refractivity contribution < 1.29 is 19.4 Å². The van der Waals surface area contributed by atoms with E-state index in [0.29, 0.717) is 19.2 Å². The van der Waals surface area contributed by atoms with Crippen molar-refractivity contribution in [2.75, 3.05) is 37.7 Å². The van der Waals surface area contributed by atoms with Gasteiger partial charge in [0.2, 0.25) is 0 Å². The van der Waals surface area contributed by atoms with Crippen molar-refractivity contribution >= 4 is 22.4 Å². The molecule has 40 heavy (non-hydrogen) atoms. The number of aryl methyl sites for hydroxylation is 2. The van der Waals surface area contributed by atoms with Gasteiger partial charge in [0.05, 0.1) is 11.6 Å². The van der Waals surface area contributed by atoms with Gasteiger partial charge in [-0.2, -0.15) is 0 Å². The Morgan fingerprint density at radius 2 is 2.00 bits per heavy atom. The van der Waals surface area contributed by atoms with Gasteiger partial charge in [0.1, 0.15) is 12.4 Å². The number of piperidine rings is 1. The van der Waals surface area contributed by atoms with Crippen LogP contribution in [0.15, 0.2) is 35.7 Å². The van der Waals surface area contributed by atoms with Gasteiger partial charge >= 0.3 is 5.97 Å². The van der Waals surface area contributed by atoms with Crippen LogP contribution in [0.25, 0.3) is 11.3 Å². The Hall–Kier alpha value is -2.94. The fourth-order valence-electron chi connectivity index (χ4n) is 6.43. The third kappa shape index (κ3) is 5.90. The maximum absolute atomic E-state index is 11.5. The Kier molecular flexibility index (Phi) is 8.10. The van der Waals surface area contributed by atoms with Gasteiger partial charge in [-0.3, -0.25) is 9.69 Å². The number of ether oxygens (including phenoxy) is 2. The molecule has 3 aromatic rings. The van der Waals surface area contributed by atoms with E-state index in [0.717, 1.165) is 92.7 Å². The number of fused-ring (bicyclic) bond motifs is 1. The summed E-state index contributed by atoms with van der Waals surface area (Å²) in [5.74, 6) is -0.223. The normalized spacial score (nSPS) is 20.4. The number of carbonyl (C=O) groups is 1. The van der Waals surface area contributed by atoms with Crippen molar-refractivity contribution in [2.45, 2.75) is 65.1 Å². The molecule has 0 bridgehead atoms. The van der Waals surface area contributed by atoms with Gasteiger partial charge in [-0.1, -0.05) is 23.8 Å². The van der Waals surface area contributed by atoms with E-state index >= 15 is 0 Å². The molecule has 1 aromatic heterocycles. The summed E-state index contributed by atoms with van der Waals surface area (Å²) in [7, 11) is 0. The summed E-state index contributed by atoms with van der Waals surface area (Å²) in [5, 5.41) is 12.4. The largest absolute Gasteiger partial charge is 0.488 e. The van der Waals surface area contributed by atoms with Crippen molar-refractivity contribution in [3.63, 3.8) is 0 Å². The lowest BCUT2D eigenvalue weighted by Crippen LogP contribution is -2.42. The van der Waals surface area contributed by atoms with Crippen molar-refractivity contribution in [3.8, 4) is 17.0 Å². The van der Waals surface area contributed by atoms with Crippen molar-refractivity contribution in [1.29, 1.82) is 0 Å². The molecule has 3 aliphatic rings. The highest BCUT2D eigenvalue weighted by Gasteiger charge is 2.28. The smallest absolute Gasteiger partial charge is 0.308 e. The molecule has 6 rings (SSSR count). The van der Waals surface area contributed by atoms with Gasteiger partial charge in [-0.15, -0.1) is 11.3 Å². The van der Waals surface area contributed by atoms with E-state index in [4.69, 9.17) is 14.5 Å². The van der Waals surface area contributed by atoms with Crippen LogP contribution in [0.3, 0.4) is 0 Å². The average Bonchev–Trinajstić information content (AvgIpc) is 3.47. The third-order valence-electron chi connectivity index (χ3n) is 8.70. The molecule has 1 N–H and O–H groups in total. The molecule has 0 aliphatic carbocycles. The van der Waals surface area contributed by atoms with Crippen molar-refractivity contribution in [1.82, 2.24) is 9.88 Å². The number of benzene rings is 2. The van der Waals surface area contributed by atoms with E-state index in [1.54, 1.807) is 11.3 Å². The zero-order chi connectivity index (χ0) is 27.6. The summed E-state index contributed by atoms with van der Waals surface area (Å²) in [6.45, 7) is 10.1. The summed E-state index contributed by atoms with van der Waals surface area (Å²) in [6.07, 6.45) is 4.97. The fraction of sp³-hybridized carbons (Fsp3) is 0.500. The van der Waals surface area contributed by atoms with Crippen LogP contribution in [0.4, 0.5) is 5.13 Å². The molecule has 2 saturated heterocycles. The van der Waals surface area contributed by atoms with Crippen LogP contribution < -0.4 is 9.64 Å². The van der Waals surface area contributed by atoms with E-state index in [1.807, 2.05) is 6.07 Å². The predicted molar refractivity (Wildman–Crippen MR) is 158 cm³/mol. The van der Waals surface area contributed by atoms with E-state index in [9.17, 15) is 9.90 Å². The van der Waals surface area contributed by atoms with Crippen molar-refractivity contribution in [2.24, 2.45) is 5.92 Å². The zero-order valence-electron chi connectivity index (χ0n) is 23.5. The zero-order valence-corrected chi connectivity index (χ0v) is 24.3. The number of nitrogens with zero attached hydrogens (tertiary/aromatic N) is 3. The van der Waals surface area contributed by atoms with E-state index in [2.05, 4.69) is 53.3 Å². The van der Waals surface area contributed by atoms with E-state index < -0.39 is 5.97 Å². The van der Waals surface area contributed by atoms with Crippen LogP contribution in [0, 0.1) is 19.8 Å². The molecule has 3 aliphatic heterocycles. The SMILES string of the molecule is Cc1ccc(OCc2cc(C)c3c(c2)CCN(C2CCOCC2)C3)c(-c2csc(N3CCC[C@H](C(=O)O)C3)n2)c1. The van der Waals surface area contributed by atoms with Gasteiger partial charge < -0.3 is 19.5 Å². The average molecular weight is 562 g/mol. The van der Waals surface area contributed by atoms with E-state index in [1.165, 1.54) is 22.3 Å². The lowest BCUT2D eigenvalue weighted by Gasteiger charge is -2.38. The lowest BCUT2D eigenvalue weighted by molar-refractivity contribution is -0.141. The summed E-state index contributed by atoms with van der Waals surface area (Å²) >= 11 is 1.58. The fourth-order valence-corrected chi connectivity index (χ4v) is 7.29. The van der Waals surface area contributed by atoms with E-state index in [-0.39, 0.29) is 5.92 Å². The minimum atomic E-state index is -0.718. The first-order valence-electron chi connectivity index (χ1n) is 14.5. The summed E-state index contributed by atoms with van der Waals surface area (Å²) in [6, 6.07) is 11.5. The number of rotatable bonds is 7. The maximum atomic E-state index is 11.5. The monoisotopic (exact) mass is 561 g/mol. The van der Waals surface area contributed by atoms with Gasteiger partial charge in [0, 0.05) is 56.4 Å². The van der Waals surface area contributed by atoms with Crippen LogP contribution in [-0.4, -0.2) is 59.8 Å². The summed E-state index contributed by atoms with van der Waals surface area (Å²) in [4.78, 5) is 21.2. The minimum Gasteiger partial charge on any atom is -0.488 e. The number of hydrogen-bond acceptors (Lipinski definition) is 7. The molecule has 2 fully saturated rings. The summed E-state index contributed by atoms with van der Waals surface area (Å²) in [5.41, 5.74) is 8.50. The Bertz CT molecular complexity index is 1370. The number of carboxylic acid groups (broad SMARTS) is 1. The molecule has 0 radical (unpaired) electrons. The second-order valence-corrected chi connectivity index (χ2v) is 12.4. The first-order chi connectivity index (χ1) is 19.4. The van der Waals surface area contributed by atoms with Gasteiger partial charge in [0.25, 0.3) is 0 Å². The quantitative estimate of drug-likeness (QED) is 0.388. The molecule has 212 valence electrons. The molecule has 8 heteroatoms. The second-order valence-electron chi connectivity index (χ2n) is 11.5. The van der Waals surface area contributed by atoms with Crippen LogP contribution in [-0.2, 0) is 29.1 Å². The molecule has 0 saturated carbocycles. The molecule has 0 unspecified atom stereocenters. The molecular weight excluding hydrogens is 522 g/mol. The molecule has 7 nitrogen and oxygen atoms in total. The molecule has 0 amide bonds. The van der Waals surface area contributed by atoms with Gasteiger partial charge in [-0.05, 0) is 80.3 Å². The minimum absolute atomic E-state index is 0.330. The van der Waals surface area contributed by atoms with Gasteiger partial charge in [0.15, 0.2) is 5.13 Å². The van der Waals surface area contributed by atoms with Crippen LogP contribution >= 0.6 is 11.3 Å². The molecular formula is C32H39N3O4S. The molecule has 0 spiro atoms. The Labute approximate surface area is 240 Å². The number of thiazole rings is 1. The molecule has 2 aromatic carbocycles. The maximum Gasteiger partial charge on any atom is 0.308 e. The number of carboxylic acids is 1. The van der Waals surface area contributed by atoms with Gasteiger partial charge in [-0.25, -0.2) is 4.98 Å². The number of anilines is 1. The number of aromatic nitrogens is 1. The molecule has 1 atom stereocenters. The second kappa shape index (κ2) is 11.9. The highest BCUT2D eigenvalue weighted by Crippen LogP contribution is 2.36. The standard InChI is InChI=1S/C32H39N3O4S/c1-21-5-6-30(27(14-21)29-20-40-32(33-29)35-10-3-4-25(17-35)31(36)37)39-19-23-15-22(2)28-18-34(11-7-24(28)16-23)26-8-12-38-13-9-26/h5-6,14-16,20,25-26H,3-4,7-13,17-19H2,1-2H3,(H,36,37)/t25-/m0/s1. The Morgan fingerprint density at radius 3 is 2.83 bits per heavy atom. The molecule has 4 heterocycles. The topological polar surface area (TPSA) is 75.1 Å². The third-order valence-corrected chi connectivity index (χ3v) is 9.60. The first-order valence-corrected chi connectivity index (χ1v) is 15.4. The predicted octanol–water partition coefficient (Wildman–Crippen LogP) is 5.84. The number of hydrogen-bond donors (Lipinski definition) is 1. The van der Waals surface area contributed by atoms with Crippen molar-refractivity contribution in [3.05, 3.63) is 63.5 Å². The first kappa shape index (κ1) is 27.2. The highest BCUT2D eigenvalue weighted by molar-refractivity contribution is 7.14.